The van der Waals surface area contributed by atoms with E-state index in [-0.39, 0.29) is 18.0 Å². The Labute approximate surface area is 193 Å². The predicted molar refractivity (Wildman–Crippen MR) is 121 cm³/mol. The van der Waals surface area contributed by atoms with Crippen LogP contribution in [0.3, 0.4) is 0 Å². The molecule has 2 aromatic rings. The van der Waals surface area contributed by atoms with Gasteiger partial charge in [0.15, 0.2) is 6.19 Å². The Morgan fingerprint density at radius 1 is 1.06 bits per heavy atom. The summed E-state index contributed by atoms with van der Waals surface area (Å²) in [4.78, 5) is 46.7. The molecular formula is C23H29N7O3. The maximum Gasteiger partial charge on any atom is 0.272 e. The van der Waals surface area contributed by atoms with E-state index in [0.29, 0.717) is 6.42 Å². The number of hydrogen-bond donors (Lipinski definition) is 2. The number of nitrogens with one attached hydrogen (secondary N) is 2. The van der Waals surface area contributed by atoms with Gasteiger partial charge in [-0.25, -0.2) is 15.0 Å². The highest BCUT2D eigenvalue weighted by Gasteiger charge is 2.30. The van der Waals surface area contributed by atoms with Gasteiger partial charge in [0.25, 0.3) is 11.8 Å². The monoisotopic (exact) mass is 451 g/mol. The average Bonchev–Trinajstić information content (AvgIpc) is 2.82. The molecule has 33 heavy (non-hydrogen) atoms. The number of hydrazine groups is 1. The Morgan fingerprint density at radius 3 is 2.33 bits per heavy atom. The summed E-state index contributed by atoms with van der Waals surface area (Å²) in [5.41, 5.74) is 0.915. The van der Waals surface area contributed by atoms with Gasteiger partial charge in [0.1, 0.15) is 17.8 Å². The number of carbonyl (C=O) groups is 3. The van der Waals surface area contributed by atoms with Gasteiger partial charge in [0.05, 0.1) is 6.20 Å². The van der Waals surface area contributed by atoms with Crippen LogP contribution in [0.15, 0.2) is 48.9 Å². The van der Waals surface area contributed by atoms with Gasteiger partial charge in [0.2, 0.25) is 5.91 Å². The van der Waals surface area contributed by atoms with Gasteiger partial charge in [-0.1, -0.05) is 44.2 Å². The summed E-state index contributed by atoms with van der Waals surface area (Å²) in [5.74, 6) is -1.39. The second-order valence-corrected chi connectivity index (χ2v) is 7.98. The van der Waals surface area contributed by atoms with Crippen molar-refractivity contribution in [2.24, 2.45) is 5.92 Å². The van der Waals surface area contributed by atoms with Crippen LogP contribution in [0, 0.1) is 17.4 Å². The highest BCUT2D eigenvalue weighted by molar-refractivity contribution is 5.97. The van der Waals surface area contributed by atoms with Crippen LogP contribution >= 0.6 is 0 Å². The number of nitrogens with zero attached hydrogens (tertiary/aromatic N) is 5. The van der Waals surface area contributed by atoms with Crippen molar-refractivity contribution in [1.29, 1.82) is 5.26 Å². The highest BCUT2D eigenvalue weighted by Crippen LogP contribution is 2.10. The van der Waals surface area contributed by atoms with E-state index in [1.165, 1.54) is 32.7 Å². The van der Waals surface area contributed by atoms with Crippen molar-refractivity contribution in [3.05, 3.63) is 60.2 Å². The molecule has 0 saturated heterocycles. The van der Waals surface area contributed by atoms with Gasteiger partial charge in [-0.2, -0.15) is 5.26 Å². The summed E-state index contributed by atoms with van der Waals surface area (Å²) >= 11 is 0. The average molecular weight is 452 g/mol. The smallest absolute Gasteiger partial charge is 0.272 e. The van der Waals surface area contributed by atoms with Crippen LogP contribution in [-0.2, 0) is 16.0 Å². The fourth-order valence-electron chi connectivity index (χ4n) is 3.11. The van der Waals surface area contributed by atoms with Gasteiger partial charge < -0.3 is 10.6 Å². The van der Waals surface area contributed by atoms with Crippen LogP contribution in [0.2, 0.25) is 0 Å². The molecule has 0 saturated carbocycles. The zero-order valence-corrected chi connectivity index (χ0v) is 19.2. The summed E-state index contributed by atoms with van der Waals surface area (Å²) < 4.78 is 0. The van der Waals surface area contributed by atoms with E-state index < -0.39 is 29.8 Å². The number of likely N-dealkylation sites (N-methyl/N-ethyl adjacent to an activating group) is 1. The third kappa shape index (κ3) is 7.57. The third-order valence-electron chi connectivity index (χ3n) is 4.94. The molecule has 0 aliphatic heterocycles. The van der Waals surface area contributed by atoms with E-state index in [4.69, 9.17) is 5.26 Å². The van der Waals surface area contributed by atoms with Crippen molar-refractivity contribution >= 4 is 17.7 Å². The lowest BCUT2D eigenvalue weighted by atomic mass is 10.0. The van der Waals surface area contributed by atoms with Gasteiger partial charge in [-0.05, 0) is 17.9 Å². The van der Waals surface area contributed by atoms with E-state index in [1.807, 2.05) is 50.4 Å². The Hall–Kier alpha value is -4.00. The molecule has 0 aliphatic carbocycles. The quantitative estimate of drug-likeness (QED) is 0.314. The fraction of sp³-hybridized carbons (Fsp3) is 0.391. The van der Waals surface area contributed by atoms with Crippen LogP contribution in [0.5, 0.6) is 0 Å². The number of amides is 3. The lowest BCUT2D eigenvalue weighted by Gasteiger charge is -2.30. The molecule has 1 heterocycles. The Morgan fingerprint density at radius 2 is 1.76 bits per heavy atom. The Kier molecular flexibility index (Phi) is 9.30. The lowest BCUT2D eigenvalue weighted by Crippen LogP contribution is -2.56. The Balaban J connectivity index is 2.25. The minimum atomic E-state index is -0.955. The van der Waals surface area contributed by atoms with Gasteiger partial charge in [-0.15, -0.1) is 0 Å². The first-order valence-electron chi connectivity index (χ1n) is 10.5. The molecule has 10 heteroatoms. The minimum absolute atomic E-state index is 0.0774. The van der Waals surface area contributed by atoms with Crippen LogP contribution in [-0.4, -0.2) is 63.9 Å². The third-order valence-corrected chi connectivity index (χ3v) is 4.94. The van der Waals surface area contributed by atoms with Crippen LogP contribution in [0.25, 0.3) is 0 Å². The van der Waals surface area contributed by atoms with Gasteiger partial charge >= 0.3 is 0 Å². The number of benzene rings is 1. The Bertz CT molecular complexity index is 977. The lowest BCUT2D eigenvalue weighted by molar-refractivity contribution is -0.144. The molecule has 2 atom stereocenters. The molecule has 1 aromatic heterocycles. The summed E-state index contributed by atoms with van der Waals surface area (Å²) in [6, 6.07) is 7.41. The first kappa shape index (κ1) is 25.3. The fourth-order valence-corrected chi connectivity index (χ4v) is 3.11. The first-order valence-corrected chi connectivity index (χ1v) is 10.5. The second-order valence-electron chi connectivity index (χ2n) is 7.98. The van der Waals surface area contributed by atoms with Crippen LogP contribution in [0.4, 0.5) is 0 Å². The van der Waals surface area contributed by atoms with Gasteiger partial charge in [0, 0.05) is 32.9 Å². The summed E-state index contributed by atoms with van der Waals surface area (Å²) in [5, 5.41) is 16.8. The topological polar surface area (TPSA) is 131 Å². The number of carbonyl (C=O) groups excluding carboxylic acids is 3. The maximum absolute atomic E-state index is 13.3. The van der Waals surface area contributed by atoms with Crippen LogP contribution < -0.4 is 10.6 Å². The number of hydrogen-bond acceptors (Lipinski definition) is 7. The van der Waals surface area contributed by atoms with E-state index in [9.17, 15) is 14.4 Å². The molecule has 0 bridgehead atoms. The van der Waals surface area contributed by atoms with Gasteiger partial charge in [-0.3, -0.25) is 19.4 Å². The van der Waals surface area contributed by atoms with Crippen molar-refractivity contribution in [3.8, 4) is 6.19 Å². The van der Waals surface area contributed by atoms with E-state index in [2.05, 4.69) is 20.6 Å². The molecule has 0 radical (unpaired) electrons. The molecule has 0 spiro atoms. The summed E-state index contributed by atoms with van der Waals surface area (Å²) in [7, 11) is 2.91. The highest BCUT2D eigenvalue weighted by atomic mass is 16.2. The summed E-state index contributed by atoms with van der Waals surface area (Å²) in [6.07, 6.45) is 6.59. The predicted octanol–water partition coefficient (Wildman–Crippen LogP) is 1.13. The number of nitriles is 1. The zero-order valence-electron chi connectivity index (χ0n) is 19.2. The molecule has 0 unspecified atom stereocenters. The van der Waals surface area contributed by atoms with Crippen LogP contribution in [0.1, 0.15) is 36.3 Å². The molecule has 10 nitrogen and oxygen atoms in total. The molecule has 3 amide bonds. The number of aromatic nitrogens is 2. The molecule has 2 N–H and O–H groups in total. The van der Waals surface area contributed by atoms with Crippen molar-refractivity contribution < 1.29 is 14.4 Å². The maximum atomic E-state index is 13.3. The molecular weight excluding hydrogens is 422 g/mol. The van der Waals surface area contributed by atoms with Crippen molar-refractivity contribution in [2.75, 3.05) is 14.1 Å². The first-order chi connectivity index (χ1) is 15.7. The van der Waals surface area contributed by atoms with Crippen molar-refractivity contribution in [2.45, 2.75) is 38.8 Å². The standard InChI is InChI=1S/C23H29N7O3/c1-16(2)12-19(23(33)30(4)29(3)15-24)28-21(31)18(13-17-8-6-5-7-9-17)27-22(32)20-14-25-10-11-26-20/h5-11,14,16,18-19H,12-13H2,1-4H3,(H,27,32)(H,28,31)/t18-,19-/m0/s1. The number of rotatable bonds is 10. The summed E-state index contributed by atoms with van der Waals surface area (Å²) in [6.45, 7) is 3.86. The molecule has 2 rings (SSSR count). The van der Waals surface area contributed by atoms with Crippen molar-refractivity contribution in [3.63, 3.8) is 0 Å². The molecule has 0 aliphatic rings. The normalized spacial score (nSPS) is 12.2. The molecule has 0 fully saturated rings. The SMILES string of the molecule is CC(C)C[C@H](NC(=O)[C@H](Cc1ccccc1)NC(=O)c1cnccn1)C(=O)N(C)N(C)C#N. The largest absolute Gasteiger partial charge is 0.342 e. The van der Waals surface area contributed by atoms with E-state index in [1.54, 1.807) is 0 Å². The van der Waals surface area contributed by atoms with Crippen molar-refractivity contribution in [1.82, 2.24) is 30.6 Å². The zero-order chi connectivity index (χ0) is 24.4. The van der Waals surface area contributed by atoms with E-state index in [0.717, 1.165) is 15.6 Å². The van der Waals surface area contributed by atoms with E-state index >= 15 is 0 Å². The molecule has 1 aromatic carbocycles. The molecule has 174 valence electrons. The minimum Gasteiger partial charge on any atom is -0.342 e. The second kappa shape index (κ2) is 12.1.